The maximum absolute atomic E-state index is 10.2. The molecule has 14 heavy (non-hydrogen) atoms. The molecule has 1 aromatic rings. The van der Waals surface area contributed by atoms with E-state index in [1.807, 2.05) is 0 Å². The zero-order chi connectivity index (χ0) is 10.4. The Hall–Kier alpha value is -1.37. The van der Waals surface area contributed by atoms with Crippen molar-refractivity contribution in [3.63, 3.8) is 0 Å². The Morgan fingerprint density at radius 2 is 2.57 bits per heavy atom. The van der Waals surface area contributed by atoms with E-state index in [2.05, 4.69) is 10.3 Å². The molecule has 0 fully saturated rings. The van der Waals surface area contributed by atoms with Gasteiger partial charge in [-0.1, -0.05) is 0 Å². The summed E-state index contributed by atoms with van der Waals surface area (Å²) in [6.07, 6.45) is 0.654. The van der Waals surface area contributed by atoms with Crippen molar-refractivity contribution in [3.8, 4) is 0 Å². The monoisotopic (exact) mass is 200 g/mol. The van der Waals surface area contributed by atoms with Crippen LogP contribution in [0.5, 0.6) is 0 Å². The molecule has 78 valence electrons. The van der Waals surface area contributed by atoms with E-state index in [0.717, 1.165) is 0 Å². The van der Waals surface area contributed by atoms with Crippen LogP contribution >= 0.6 is 0 Å². The SMILES string of the molecule is NC(=O)CONCC(O)c1ccco1. The number of carbonyl (C=O) groups is 1. The van der Waals surface area contributed by atoms with Gasteiger partial charge >= 0.3 is 0 Å². The average Bonchev–Trinajstić information content (AvgIpc) is 2.64. The fourth-order valence-corrected chi connectivity index (χ4v) is 0.841. The van der Waals surface area contributed by atoms with Crippen LogP contribution in [0.25, 0.3) is 0 Å². The highest BCUT2D eigenvalue weighted by molar-refractivity contribution is 5.74. The van der Waals surface area contributed by atoms with Gasteiger partial charge in [0.2, 0.25) is 5.91 Å². The zero-order valence-electron chi connectivity index (χ0n) is 7.47. The minimum Gasteiger partial charge on any atom is -0.467 e. The Kier molecular flexibility index (Phi) is 4.11. The Labute approximate surface area is 80.6 Å². The molecule has 4 N–H and O–H groups in total. The van der Waals surface area contributed by atoms with Crippen molar-refractivity contribution < 1.29 is 19.2 Å². The van der Waals surface area contributed by atoms with Crippen molar-refractivity contribution in [2.24, 2.45) is 5.73 Å². The topological polar surface area (TPSA) is 97.7 Å². The van der Waals surface area contributed by atoms with E-state index in [9.17, 15) is 9.90 Å². The van der Waals surface area contributed by atoms with Crippen molar-refractivity contribution in [2.45, 2.75) is 6.10 Å². The van der Waals surface area contributed by atoms with E-state index in [1.165, 1.54) is 6.26 Å². The summed E-state index contributed by atoms with van der Waals surface area (Å²) in [5, 5.41) is 9.42. The molecule has 0 saturated carbocycles. The van der Waals surface area contributed by atoms with Gasteiger partial charge in [0.25, 0.3) is 0 Å². The molecule has 0 aromatic carbocycles. The van der Waals surface area contributed by atoms with Crippen molar-refractivity contribution in [2.75, 3.05) is 13.2 Å². The van der Waals surface area contributed by atoms with Crippen LogP contribution in [0.15, 0.2) is 22.8 Å². The van der Waals surface area contributed by atoms with Gasteiger partial charge in [0, 0.05) is 0 Å². The van der Waals surface area contributed by atoms with Gasteiger partial charge in [-0.15, -0.1) is 0 Å². The van der Waals surface area contributed by atoms with Crippen molar-refractivity contribution in [1.29, 1.82) is 0 Å². The van der Waals surface area contributed by atoms with Crippen LogP contribution in [0, 0.1) is 0 Å². The molecule has 0 aliphatic rings. The van der Waals surface area contributed by atoms with Crippen molar-refractivity contribution in [3.05, 3.63) is 24.2 Å². The number of nitrogens with two attached hydrogens (primary N) is 1. The number of amides is 1. The normalized spacial score (nSPS) is 12.6. The van der Waals surface area contributed by atoms with E-state index < -0.39 is 12.0 Å². The molecule has 1 amide bonds. The van der Waals surface area contributed by atoms with Crippen LogP contribution in [0.3, 0.4) is 0 Å². The summed E-state index contributed by atoms with van der Waals surface area (Å²) in [7, 11) is 0. The lowest BCUT2D eigenvalue weighted by Crippen LogP contribution is -2.27. The first kappa shape index (κ1) is 10.7. The molecule has 1 rings (SSSR count). The highest BCUT2D eigenvalue weighted by Gasteiger charge is 2.09. The zero-order valence-corrected chi connectivity index (χ0v) is 7.47. The Balaban J connectivity index is 2.16. The predicted molar refractivity (Wildman–Crippen MR) is 46.8 cm³/mol. The van der Waals surface area contributed by atoms with Crippen molar-refractivity contribution >= 4 is 5.91 Å². The van der Waals surface area contributed by atoms with Gasteiger partial charge < -0.3 is 15.3 Å². The summed E-state index contributed by atoms with van der Waals surface area (Å²) >= 11 is 0. The van der Waals surface area contributed by atoms with Gasteiger partial charge in [-0.05, 0) is 12.1 Å². The van der Waals surface area contributed by atoms with Gasteiger partial charge in [0.1, 0.15) is 18.5 Å². The van der Waals surface area contributed by atoms with Crippen LogP contribution in [-0.4, -0.2) is 24.2 Å². The van der Waals surface area contributed by atoms with Gasteiger partial charge in [-0.25, -0.2) is 0 Å². The molecular weight excluding hydrogens is 188 g/mol. The first-order valence-electron chi connectivity index (χ1n) is 4.04. The molecule has 0 aliphatic heterocycles. The fraction of sp³-hybridized carbons (Fsp3) is 0.375. The first-order chi connectivity index (χ1) is 6.70. The number of aliphatic hydroxyl groups excluding tert-OH is 1. The summed E-state index contributed by atoms with van der Waals surface area (Å²) in [5.74, 6) is -0.148. The summed E-state index contributed by atoms with van der Waals surface area (Å²) in [5.41, 5.74) is 7.21. The number of furan rings is 1. The molecule has 0 radical (unpaired) electrons. The largest absolute Gasteiger partial charge is 0.467 e. The van der Waals surface area contributed by atoms with Crippen LogP contribution < -0.4 is 11.2 Å². The second-order valence-corrected chi connectivity index (χ2v) is 2.63. The Bertz CT molecular complexity index is 273. The fourth-order valence-electron chi connectivity index (χ4n) is 0.841. The van der Waals surface area contributed by atoms with Crippen molar-refractivity contribution in [1.82, 2.24) is 5.48 Å². The van der Waals surface area contributed by atoms with E-state index in [4.69, 9.17) is 10.2 Å². The number of primary amides is 1. The number of carbonyl (C=O) groups excluding carboxylic acids is 1. The molecule has 0 bridgehead atoms. The minimum absolute atomic E-state index is 0.126. The van der Waals surface area contributed by atoms with Crippen LogP contribution in [0.2, 0.25) is 0 Å². The van der Waals surface area contributed by atoms with Gasteiger partial charge in [0.15, 0.2) is 0 Å². The Morgan fingerprint density at radius 1 is 1.79 bits per heavy atom. The maximum atomic E-state index is 10.2. The van der Waals surface area contributed by atoms with Crippen LogP contribution in [-0.2, 0) is 9.63 Å². The van der Waals surface area contributed by atoms with Gasteiger partial charge in [-0.3, -0.25) is 9.63 Å². The van der Waals surface area contributed by atoms with E-state index in [-0.39, 0.29) is 13.2 Å². The third kappa shape index (κ3) is 3.56. The standard InChI is InChI=1S/C8H12N2O4/c9-8(12)5-14-10-4-6(11)7-2-1-3-13-7/h1-3,6,10-11H,4-5H2,(H2,9,12). The molecule has 0 saturated heterocycles. The minimum atomic E-state index is -0.808. The summed E-state index contributed by atoms with van der Waals surface area (Å²) in [6.45, 7) is -0.105. The Morgan fingerprint density at radius 3 is 3.14 bits per heavy atom. The maximum Gasteiger partial charge on any atom is 0.245 e. The third-order valence-electron chi connectivity index (χ3n) is 1.46. The second kappa shape index (κ2) is 5.38. The summed E-state index contributed by atoms with van der Waals surface area (Å²) < 4.78 is 4.94. The molecule has 6 heteroatoms. The smallest absolute Gasteiger partial charge is 0.245 e. The van der Waals surface area contributed by atoms with Gasteiger partial charge in [0.05, 0.1) is 12.8 Å². The molecule has 1 heterocycles. The molecule has 1 aromatic heterocycles. The number of hydrogen-bond acceptors (Lipinski definition) is 5. The lowest BCUT2D eigenvalue weighted by Gasteiger charge is -2.08. The lowest BCUT2D eigenvalue weighted by molar-refractivity contribution is -0.125. The molecule has 1 atom stereocenters. The van der Waals surface area contributed by atoms with E-state index in [1.54, 1.807) is 12.1 Å². The van der Waals surface area contributed by atoms with Crippen LogP contribution in [0.1, 0.15) is 11.9 Å². The number of hydroxylamine groups is 1. The van der Waals surface area contributed by atoms with E-state index in [0.29, 0.717) is 5.76 Å². The molecule has 0 spiro atoms. The summed E-state index contributed by atoms with van der Waals surface area (Å²) in [4.78, 5) is 14.9. The third-order valence-corrected chi connectivity index (χ3v) is 1.46. The average molecular weight is 200 g/mol. The second-order valence-electron chi connectivity index (χ2n) is 2.63. The van der Waals surface area contributed by atoms with E-state index >= 15 is 0 Å². The highest BCUT2D eigenvalue weighted by atomic mass is 16.6. The van der Waals surface area contributed by atoms with Gasteiger partial charge in [-0.2, -0.15) is 5.48 Å². The molecule has 1 unspecified atom stereocenters. The van der Waals surface area contributed by atoms with Crippen LogP contribution in [0.4, 0.5) is 0 Å². The first-order valence-corrected chi connectivity index (χ1v) is 4.04. The number of nitrogens with one attached hydrogen (secondary N) is 1. The summed E-state index contributed by atoms with van der Waals surface area (Å²) in [6, 6.07) is 3.31. The highest BCUT2D eigenvalue weighted by Crippen LogP contribution is 2.11. The molecular formula is C8H12N2O4. The predicted octanol–water partition coefficient (Wildman–Crippen LogP) is -0.680. The molecule has 6 nitrogen and oxygen atoms in total. The number of rotatable bonds is 6. The quantitative estimate of drug-likeness (QED) is 0.417. The molecule has 0 aliphatic carbocycles. The number of aliphatic hydroxyl groups is 1. The lowest BCUT2D eigenvalue weighted by atomic mass is 10.3. The number of hydrogen-bond donors (Lipinski definition) is 3.